The molecule has 1 aliphatic heterocycles. The number of nitrogens with one attached hydrogen (secondary N) is 2. The Bertz CT molecular complexity index is 863. The van der Waals surface area contributed by atoms with Gasteiger partial charge in [-0.2, -0.15) is 4.98 Å². The molecule has 0 amide bonds. The first kappa shape index (κ1) is 15.3. The van der Waals surface area contributed by atoms with Crippen LogP contribution in [0.3, 0.4) is 0 Å². The minimum atomic E-state index is -0.0277. The van der Waals surface area contributed by atoms with Gasteiger partial charge in [-0.3, -0.25) is 0 Å². The van der Waals surface area contributed by atoms with Crippen LogP contribution < -0.4 is 10.9 Å². The normalized spacial score (nSPS) is 20.4. The quantitative estimate of drug-likeness (QED) is 0.755. The summed E-state index contributed by atoms with van der Waals surface area (Å²) < 4.78 is 5.46. The van der Waals surface area contributed by atoms with Crippen molar-refractivity contribution in [2.24, 2.45) is 0 Å². The maximum absolute atomic E-state index is 6.07. The Labute approximate surface area is 145 Å². The second kappa shape index (κ2) is 6.36. The van der Waals surface area contributed by atoms with Gasteiger partial charge in [-0.25, -0.2) is 10.9 Å². The zero-order valence-electron chi connectivity index (χ0n) is 13.2. The number of aromatic nitrogens is 2. The number of benzene rings is 2. The summed E-state index contributed by atoms with van der Waals surface area (Å²) in [6, 6.07) is 16.0. The van der Waals surface area contributed by atoms with Crippen molar-refractivity contribution in [3.8, 4) is 11.4 Å². The van der Waals surface area contributed by atoms with Crippen LogP contribution in [0.25, 0.3) is 11.4 Å². The number of hydrogen-bond donors (Lipinski definition) is 2. The van der Waals surface area contributed by atoms with E-state index in [4.69, 9.17) is 16.1 Å². The molecule has 2 heterocycles. The van der Waals surface area contributed by atoms with Gasteiger partial charge in [-0.1, -0.05) is 52.7 Å². The predicted octanol–water partition coefficient (Wildman–Crippen LogP) is 3.98. The highest BCUT2D eigenvalue weighted by Crippen LogP contribution is 2.31. The topological polar surface area (TPSA) is 63.0 Å². The van der Waals surface area contributed by atoms with Gasteiger partial charge in [0.15, 0.2) is 0 Å². The fourth-order valence-corrected chi connectivity index (χ4v) is 3.14. The lowest BCUT2D eigenvalue weighted by atomic mass is 10.0. The molecule has 5 nitrogen and oxygen atoms in total. The van der Waals surface area contributed by atoms with Gasteiger partial charge < -0.3 is 4.52 Å². The lowest BCUT2D eigenvalue weighted by molar-refractivity contribution is 0.340. The molecule has 1 aliphatic rings. The van der Waals surface area contributed by atoms with Crippen molar-refractivity contribution < 1.29 is 4.52 Å². The van der Waals surface area contributed by atoms with Crippen molar-refractivity contribution in [3.05, 3.63) is 70.6 Å². The van der Waals surface area contributed by atoms with Crippen molar-refractivity contribution >= 4 is 11.6 Å². The summed E-state index contributed by atoms with van der Waals surface area (Å²) in [6.07, 6.45) is 0.815. The third-order valence-electron chi connectivity index (χ3n) is 4.17. The molecule has 0 radical (unpaired) electrons. The molecule has 24 heavy (non-hydrogen) atoms. The second-order valence-corrected chi connectivity index (χ2v) is 6.45. The van der Waals surface area contributed by atoms with E-state index in [2.05, 4.69) is 27.1 Å². The van der Waals surface area contributed by atoms with E-state index in [1.165, 1.54) is 5.56 Å². The van der Waals surface area contributed by atoms with Crippen LogP contribution in [-0.4, -0.2) is 10.1 Å². The van der Waals surface area contributed by atoms with Crippen molar-refractivity contribution in [2.45, 2.75) is 25.4 Å². The molecule has 0 saturated carbocycles. The minimum absolute atomic E-state index is 0.0277. The monoisotopic (exact) mass is 340 g/mol. The Morgan fingerprint density at radius 3 is 2.75 bits per heavy atom. The second-order valence-electron chi connectivity index (χ2n) is 6.01. The molecule has 2 unspecified atom stereocenters. The third kappa shape index (κ3) is 3.06. The lowest BCUT2D eigenvalue weighted by Crippen LogP contribution is -2.26. The summed E-state index contributed by atoms with van der Waals surface area (Å²) in [5, 5.41) is 4.84. The predicted molar refractivity (Wildman–Crippen MR) is 92.3 cm³/mol. The van der Waals surface area contributed by atoms with Crippen LogP contribution in [0, 0.1) is 6.92 Å². The van der Waals surface area contributed by atoms with E-state index >= 15 is 0 Å². The average Bonchev–Trinajstić information content (AvgIpc) is 3.24. The van der Waals surface area contributed by atoms with Gasteiger partial charge in [0.2, 0.25) is 11.7 Å². The smallest absolute Gasteiger partial charge is 0.245 e. The number of rotatable bonds is 3. The van der Waals surface area contributed by atoms with E-state index in [1.807, 2.05) is 49.4 Å². The molecule has 1 saturated heterocycles. The largest absolute Gasteiger partial charge is 0.337 e. The summed E-state index contributed by atoms with van der Waals surface area (Å²) in [5.74, 6) is 1.20. The van der Waals surface area contributed by atoms with Crippen LogP contribution in [0.1, 0.15) is 35.5 Å². The summed E-state index contributed by atoms with van der Waals surface area (Å²) in [4.78, 5) is 4.54. The summed E-state index contributed by atoms with van der Waals surface area (Å²) in [6.45, 7) is 2.04. The first-order valence-corrected chi connectivity index (χ1v) is 8.24. The molecule has 2 N–H and O–H groups in total. The molecular formula is C18H17ClN4O. The van der Waals surface area contributed by atoms with E-state index in [1.54, 1.807) is 0 Å². The van der Waals surface area contributed by atoms with Crippen LogP contribution in [0.4, 0.5) is 0 Å². The van der Waals surface area contributed by atoms with Crippen LogP contribution >= 0.6 is 11.6 Å². The maximum Gasteiger partial charge on any atom is 0.245 e. The van der Waals surface area contributed by atoms with Crippen LogP contribution in [0.5, 0.6) is 0 Å². The van der Waals surface area contributed by atoms with Crippen LogP contribution in [0.15, 0.2) is 53.1 Å². The molecule has 0 bridgehead atoms. The molecule has 4 rings (SSSR count). The van der Waals surface area contributed by atoms with Gasteiger partial charge in [0, 0.05) is 16.6 Å². The van der Waals surface area contributed by atoms with Gasteiger partial charge in [0.05, 0.1) is 0 Å². The van der Waals surface area contributed by atoms with Gasteiger partial charge in [-0.15, -0.1) is 0 Å². The zero-order valence-corrected chi connectivity index (χ0v) is 13.9. The third-order valence-corrected chi connectivity index (χ3v) is 4.41. The first-order chi connectivity index (χ1) is 11.7. The number of hydrogen-bond acceptors (Lipinski definition) is 5. The number of nitrogens with zero attached hydrogens (tertiary/aromatic N) is 2. The minimum Gasteiger partial charge on any atom is -0.337 e. The van der Waals surface area contributed by atoms with Gasteiger partial charge in [0.25, 0.3) is 0 Å². The molecule has 2 aromatic carbocycles. The van der Waals surface area contributed by atoms with Crippen molar-refractivity contribution in [1.82, 2.24) is 21.0 Å². The first-order valence-electron chi connectivity index (χ1n) is 7.86. The molecule has 6 heteroatoms. The Morgan fingerprint density at radius 2 is 1.92 bits per heavy atom. The number of halogens is 1. The van der Waals surface area contributed by atoms with E-state index in [-0.39, 0.29) is 12.1 Å². The highest BCUT2D eigenvalue weighted by Gasteiger charge is 2.30. The maximum atomic E-state index is 6.07. The van der Waals surface area contributed by atoms with Gasteiger partial charge in [0.1, 0.15) is 6.04 Å². The molecule has 2 atom stereocenters. The fourth-order valence-electron chi connectivity index (χ4n) is 2.94. The summed E-state index contributed by atoms with van der Waals surface area (Å²) in [5.41, 5.74) is 9.76. The van der Waals surface area contributed by atoms with E-state index < -0.39 is 0 Å². The number of aryl methyl sites for hydroxylation is 1. The molecular weight excluding hydrogens is 324 g/mol. The highest BCUT2D eigenvalue weighted by atomic mass is 35.5. The Balaban J connectivity index is 1.52. The van der Waals surface area contributed by atoms with E-state index in [0.717, 1.165) is 22.6 Å². The Morgan fingerprint density at radius 1 is 1.08 bits per heavy atom. The molecule has 0 spiro atoms. The SMILES string of the molecule is Cc1cccc(-c2noc(C3CC(c4cccc(Cl)c4)NN3)n2)c1. The van der Waals surface area contributed by atoms with Gasteiger partial charge in [-0.05, 0) is 37.1 Å². The number of hydrazine groups is 1. The van der Waals surface area contributed by atoms with E-state index in [9.17, 15) is 0 Å². The highest BCUT2D eigenvalue weighted by molar-refractivity contribution is 6.30. The molecule has 0 aliphatic carbocycles. The molecule has 122 valence electrons. The summed E-state index contributed by atoms with van der Waals surface area (Å²) in [7, 11) is 0. The Kier molecular flexibility index (Phi) is 4.06. The molecule has 3 aromatic rings. The van der Waals surface area contributed by atoms with Crippen molar-refractivity contribution in [1.29, 1.82) is 0 Å². The van der Waals surface area contributed by atoms with Gasteiger partial charge >= 0.3 is 0 Å². The fraction of sp³-hybridized carbons (Fsp3) is 0.222. The van der Waals surface area contributed by atoms with Crippen molar-refractivity contribution in [3.63, 3.8) is 0 Å². The van der Waals surface area contributed by atoms with Crippen LogP contribution in [-0.2, 0) is 0 Å². The molecule has 1 aromatic heterocycles. The van der Waals surface area contributed by atoms with Crippen molar-refractivity contribution in [2.75, 3.05) is 0 Å². The molecule has 1 fully saturated rings. The lowest BCUT2D eigenvalue weighted by Gasteiger charge is -2.09. The Hall–Kier alpha value is -2.21. The summed E-state index contributed by atoms with van der Waals surface area (Å²) >= 11 is 6.07. The standard InChI is InChI=1S/C18H17ClN4O/c1-11-4-2-6-13(8-11)17-20-18(24-23-17)16-10-15(21-22-16)12-5-3-7-14(19)9-12/h2-9,15-16,21-22H,10H2,1H3. The van der Waals surface area contributed by atoms with E-state index in [0.29, 0.717) is 11.7 Å². The average molecular weight is 341 g/mol. The van der Waals surface area contributed by atoms with Crippen LogP contribution in [0.2, 0.25) is 5.02 Å². The zero-order chi connectivity index (χ0) is 16.5.